The van der Waals surface area contributed by atoms with Crippen LogP contribution < -0.4 is 9.62 Å². The van der Waals surface area contributed by atoms with Crippen LogP contribution in [0.2, 0.25) is 0 Å². The number of halogens is 1. The maximum absolute atomic E-state index is 14.0. The first kappa shape index (κ1) is 22.4. The van der Waals surface area contributed by atoms with Crippen molar-refractivity contribution < 1.29 is 27.1 Å². The van der Waals surface area contributed by atoms with Crippen LogP contribution in [0, 0.1) is 5.82 Å². The Morgan fingerprint density at radius 1 is 1.10 bits per heavy atom. The Kier molecular flexibility index (Phi) is 7.72. The van der Waals surface area contributed by atoms with Crippen molar-refractivity contribution in [2.24, 2.45) is 0 Å². The van der Waals surface area contributed by atoms with Crippen molar-refractivity contribution in [1.82, 2.24) is 0 Å². The summed E-state index contributed by atoms with van der Waals surface area (Å²) in [4.78, 5) is 24.2. The quantitative estimate of drug-likeness (QED) is 0.495. The third-order valence-corrected chi connectivity index (χ3v) is 5.07. The van der Waals surface area contributed by atoms with E-state index in [1.807, 2.05) is 6.92 Å². The molecule has 0 aromatic heterocycles. The molecule has 0 fully saturated rings. The fraction of sp³-hybridized carbons (Fsp3) is 0.300. The molecule has 29 heavy (non-hydrogen) atoms. The van der Waals surface area contributed by atoms with E-state index >= 15 is 0 Å². The second-order valence-electron chi connectivity index (χ2n) is 6.34. The van der Waals surface area contributed by atoms with Crippen LogP contribution >= 0.6 is 0 Å². The number of carbonyl (C=O) groups is 2. The van der Waals surface area contributed by atoms with Crippen LogP contribution in [0.3, 0.4) is 0 Å². The SMILES string of the molecule is CCCCOC(=O)c1ccc(NC(=O)CN(c2ccccc2F)S(C)(=O)=O)cc1. The zero-order valence-electron chi connectivity index (χ0n) is 16.2. The number of anilines is 2. The Labute approximate surface area is 169 Å². The second-order valence-corrected chi connectivity index (χ2v) is 8.24. The number of carbonyl (C=O) groups excluding carboxylic acids is 2. The van der Waals surface area contributed by atoms with Crippen LogP contribution in [0.25, 0.3) is 0 Å². The van der Waals surface area contributed by atoms with Crippen molar-refractivity contribution in [2.75, 3.05) is 29.0 Å². The predicted octanol–water partition coefficient (Wildman–Crippen LogP) is 3.19. The van der Waals surface area contributed by atoms with Crippen LogP contribution in [0.15, 0.2) is 48.5 Å². The molecule has 2 aromatic carbocycles. The Morgan fingerprint density at radius 2 is 1.76 bits per heavy atom. The van der Waals surface area contributed by atoms with Crippen molar-refractivity contribution >= 4 is 33.3 Å². The number of nitrogens with one attached hydrogen (secondary N) is 1. The normalized spacial score (nSPS) is 11.0. The molecule has 0 aliphatic heterocycles. The number of hydrogen-bond donors (Lipinski definition) is 1. The fourth-order valence-electron chi connectivity index (χ4n) is 2.45. The number of hydrogen-bond acceptors (Lipinski definition) is 5. The van der Waals surface area contributed by atoms with Gasteiger partial charge < -0.3 is 10.1 Å². The summed E-state index contributed by atoms with van der Waals surface area (Å²) in [5.41, 5.74) is 0.487. The molecule has 1 N–H and O–H groups in total. The molecular weight excluding hydrogens is 399 g/mol. The lowest BCUT2D eigenvalue weighted by atomic mass is 10.2. The highest BCUT2D eigenvalue weighted by Gasteiger charge is 2.23. The number of rotatable bonds is 9. The summed E-state index contributed by atoms with van der Waals surface area (Å²) in [5, 5.41) is 2.53. The second kappa shape index (κ2) is 10.0. The van der Waals surface area contributed by atoms with Crippen molar-refractivity contribution in [1.29, 1.82) is 0 Å². The van der Waals surface area contributed by atoms with E-state index < -0.39 is 34.3 Å². The standard InChI is InChI=1S/C20H23FN2O5S/c1-3-4-13-28-20(25)15-9-11-16(12-10-15)22-19(24)14-23(29(2,26)27)18-8-6-5-7-17(18)21/h5-12H,3-4,13-14H2,1-2H3,(H,22,24). The number of amides is 1. The molecule has 0 spiro atoms. The molecule has 0 saturated carbocycles. The van der Waals surface area contributed by atoms with E-state index in [1.165, 1.54) is 42.5 Å². The monoisotopic (exact) mass is 422 g/mol. The van der Waals surface area contributed by atoms with E-state index in [2.05, 4.69) is 5.32 Å². The van der Waals surface area contributed by atoms with E-state index in [0.29, 0.717) is 22.2 Å². The predicted molar refractivity (Wildman–Crippen MR) is 109 cm³/mol. The van der Waals surface area contributed by atoms with Crippen molar-refractivity contribution in [3.8, 4) is 0 Å². The van der Waals surface area contributed by atoms with Gasteiger partial charge in [-0.15, -0.1) is 0 Å². The molecule has 1 amide bonds. The number of ether oxygens (including phenoxy) is 1. The number of benzene rings is 2. The Balaban J connectivity index is 2.05. The van der Waals surface area contributed by atoms with Crippen molar-refractivity contribution in [3.63, 3.8) is 0 Å². The van der Waals surface area contributed by atoms with Gasteiger partial charge in [0.05, 0.1) is 24.1 Å². The summed E-state index contributed by atoms with van der Waals surface area (Å²) >= 11 is 0. The zero-order valence-corrected chi connectivity index (χ0v) is 17.0. The molecule has 0 unspecified atom stereocenters. The third kappa shape index (κ3) is 6.56. The van der Waals surface area contributed by atoms with Crippen LogP contribution in [-0.4, -0.2) is 39.7 Å². The highest BCUT2D eigenvalue weighted by atomic mass is 32.2. The van der Waals surface area contributed by atoms with Gasteiger partial charge in [0, 0.05) is 5.69 Å². The van der Waals surface area contributed by atoms with Crippen LogP contribution in [-0.2, 0) is 19.6 Å². The minimum atomic E-state index is -3.89. The van der Waals surface area contributed by atoms with Gasteiger partial charge in [0.25, 0.3) is 0 Å². The molecule has 0 radical (unpaired) electrons. The number of para-hydroxylation sites is 1. The average Bonchev–Trinajstić information content (AvgIpc) is 2.66. The molecule has 0 atom stereocenters. The van der Waals surface area contributed by atoms with Gasteiger partial charge in [-0.05, 0) is 42.8 Å². The van der Waals surface area contributed by atoms with Gasteiger partial charge in [0.2, 0.25) is 15.9 Å². The maximum atomic E-state index is 14.0. The molecular formula is C20H23FN2O5S. The van der Waals surface area contributed by atoms with Gasteiger partial charge in [-0.1, -0.05) is 25.5 Å². The molecule has 156 valence electrons. The first-order valence-corrected chi connectivity index (χ1v) is 10.9. The highest BCUT2D eigenvalue weighted by molar-refractivity contribution is 7.92. The van der Waals surface area contributed by atoms with Crippen LogP contribution in [0.4, 0.5) is 15.8 Å². The minimum absolute atomic E-state index is 0.213. The summed E-state index contributed by atoms with van der Waals surface area (Å²) in [6.45, 7) is 1.73. The molecule has 0 bridgehead atoms. The van der Waals surface area contributed by atoms with E-state index in [9.17, 15) is 22.4 Å². The zero-order chi connectivity index (χ0) is 21.4. The molecule has 7 nitrogen and oxygen atoms in total. The van der Waals surface area contributed by atoms with Crippen LogP contribution in [0.5, 0.6) is 0 Å². The summed E-state index contributed by atoms with van der Waals surface area (Å²) in [5.74, 6) is -1.87. The molecule has 0 heterocycles. The summed E-state index contributed by atoms with van der Waals surface area (Å²) in [6, 6.07) is 11.3. The van der Waals surface area contributed by atoms with E-state index in [-0.39, 0.29) is 5.69 Å². The molecule has 2 aromatic rings. The first-order chi connectivity index (χ1) is 13.7. The number of unbranched alkanes of at least 4 members (excludes halogenated alkanes) is 1. The van der Waals surface area contributed by atoms with E-state index in [1.54, 1.807) is 0 Å². The molecule has 9 heteroatoms. The lowest BCUT2D eigenvalue weighted by molar-refractivity contribution is -0.114. The summed E-state index contributed by atoms with van der Waals surface area (Å²) in [6.07, 6.45) is 2.58. The van der Waals surface area contributed by atoms with Crippen molar-refractivity contribution in [3.05, 3.63) is 59.9 Å². The smallest absolute Gasteiger partial charge is 0.338 e. The number of nitrogens with zero attached hydrogens (tertiary/aromatic N) is 1. The number of esters is 1. The van der Waals surface area contributed by atoms with Gasteiger partial charge in [-0.25, -0.2) is 17.6 Å². The molecule has 0 aliphatic rings. The lowest BCUT2D eigenvalue weighted by Gasteiger charge is -2.22. The topological polar surface area (TPSA) is 92.8 Å². The molecule has 0 saturated heterocycles. The van der Waals surface area contributed by atoms with Gasteiger partial charge in [-0.3, -0.25) is 9.10 Å². The Morgan fingerprint density at radius 3 is 2.34 bits per heavy atom. The largest absolute Gasteiger partial charge is 0.462 e. The summed E-state index contributed by atoms with van der Waals surface area (Å²) in [7, 11) is -3.89. The minimum Gasteiger partial charge on any atom is -0.462 e. The van der Waals surface area contributed by atoms with E-state index in [0.717, 1.165) is 25.2 Å². The molecule has 0 aliphatic carbocycles. The highest BCUT2D eigenvalue weighted by Crippen LogP contribution is 2.21. The summed E-state index contributed by atoms with van der Waals surface area (Å²) < 4.78 is 43.8. The fourth-order valence-corrected chi connectivity index (χ4v) is 3.31. The van der Waals surface area contributed by atoms with E-state index in [4.69, 9.17) is 4.74 Å². The van der Waals surface area contributed by atoms with Gasteiger partial charge in [0.1, 0.15) is 12.4 Å². The maximum Gasteiger partial charge on any atom is 0.338 e. The average molecular weight is 422 g/mol. The molecule has 2 rings (SSSR count). The van der Waals surface area contributed by atoms with Gasteiger partial charge in [0.15, 0.2) is 0 Å². The lowest BCUT2D eigenvalue weighted by Crippen LogP contribution is -2.38. The Bertz CT molecular complexity index is 961. The van der Waals surface area contributed by atoms with Gasteiger partial charge >= 0.3 is 5.97 Å². The van der Waals surface area contributed by atoms with Crippen molar-refractivity contribution in [2.45, 2.75) is 19.8 Å². The third-order valence-electron chi connectivity index (χ3n) is 3.94. The number of sulfonamides is 1. The van der Waals surface area contributed by atoms with Gasteiger partial charge in [-0.2, -0.15) is 0 Å². The van der Waals surface area contributed by atoms with Crippen LogP contribution in [0.1, 0.15) is 30.1 Å². The Hall–Kier alpha value is -2.94. The first-order valence-electron chi connectivity index (χ1n) is 9.01.